The van der Waals surface area contributed by atoms with Gasteiger partial charge in [-0.1, -0.05) is 74.0 Å². The van der Waals surface area contributed by atoms with Gasteiger partial charge in [-0.05, 0) is 37.0 Å². The van der Waals surface area contributed by atoms with E-state index in [4.69, 9.17) is 11.6 Å². The molecule has 162 valence electrons. The molecule has 0 fully saturated rings. The van der Waals surface area contributed by atoms with Crippen molar-refractivity contribution in [1.29, 1.82) is 0 Å². The van der Waals surface area contributed by atoms with Crippen LogP contribution in [0.4, 0.5) is 0 Å². The van der Waals surface area contributed by atoms with Crippen LogP contribution in [0.25, 0.3) is 0 Å². The van der Waals surface area contributed by atoms with E-state index in [1.165, 1.54) is 5.56 Å². The molecule has 2 unspecified atom stereocenters. The highest BCUT2D eigenvalue weighted by Crippen LogP contribution is 2.21. The van der Waals surface area contributed by atoms with Crippen LogP contribution in [0.1, 0.15) is 44.7 Å². The Kier molecular flexibility index (Phi) is 10.2. The van der Waals surface area contributed by atoms with Crippen molar-refractivity contribution in [3.05, 3.63) is 70.7 Å². The number of rotatable bonds is 11. The van der Waals surface area contributed by atoms with E-state index in [2.05, 4.69) is 5.32 Å². The average Bonchev–Trinajstić information content (AvgIpc) is 2.75. The number of nitrogens with one attached hydrogen (secondary N) is 1. The molecule has 0 aromatic heterocycles. The average molecular weight is 447 g/mol. The van der Waals surface area contributed by atoms with Gasteiger partial charge >= 0.3 is 0 Å². The predicted octanol–water partition coefficient (Wildman–Crippen LogP) is 5.30. The van der Waals surface area contributed by atoms with Gasteiger partial charge in [-0.2, -0.15) is 0 Å². The molecule has 2 aromatic rings. The maximum Gasteiger partial charge on any atom is 0.243 e. The van der Waals surface area contributed by atoms with E-state index in [-0.39, 0.29) is 17.9 Å². The molecule has 0 aliphatic heterocycles. The molecule has 4 nitrogen and oxygen atoms in total. The summed E-state index contributed by atoms with van der Waals surface area (Å²) in [7, 11) is 0. The summed E-state index contributed by atoms with van der Waals surface area (Å²) in [5.74, 6) is 0.900. The fraction of sp³-hybridized carbons (Fsp3) is 0.417. The highest BCUT2D eigenvalue weighted by molar-refractivity contribution is 7.99. The highest BCUT2D eigenvalue weighted by Gasteiger charge is 2.29. The predicted molar refractivity (Wildman–Crippen MR) is 127 cm³/mol. The summed E-state index contributed by atoms with van der Waals surface area (Å²) in [5, 5.41) is 3.63. The van der Waals surface area contributed by atoms with Gasteiger partial charge in [0.05, 0.1) is 5.75 Å². The molecule has 2 rings (SSSR count). The van der Waals surface area contributed by atoms with E-state index in [0.717, 1.165) is 17.7 Å². The van der Waals surface area contributed by atoms with Crippen LogP contribution in [0.2, 0.25) is 5.02 Å². The minimum atomic E-state index is -0.528. The van der Waals surface area contributed by atoms with E-state index < -0.39 is 6.04 Å². The van der Waals surface area contributed by atoms with Crippen molar-refractivity contribution < 1.29 is 9.59 Å². The van der Waals surface area contributed by atoms with Gasteiger partial charge in [0.2, 0.25) is 11.8 Å². The fourth-order valence-electron chi connectivity index (χ4n) is 3.08. The zero-order valence-corrected chi connectivity index (χ0v) is 19.5. The lowest BCUT2D eigenvalue weighted by Crippen LogP contribution is -2.51. The summed E-state index contributed by atoms with van der Waals surface area (Å²) < 4.78 is 0. The molecular weight excluding hydrogens is 416 g/mol. The Morgan fingerprint density at radius 3 is 2.33 bits per heavy atom. The number of hydrogen-bond acceptors (Lipinski definition) is 3. The Bertz CT molecular complexity index is 816. The molecule has 0 aliphatic carbocycles. The summed E-state index contributed by atoms with van der Waals surface area (Å²) in [5.41, 5.74) is 2.02. The molecule has 0 saturated carbocycles. The first-order chi connectivity index (χ1) is 14.5. The van der Waals surface area contributed by atoms with E-state index in [0.29, 0.717) is 23.7 Å². The molecule has 0 bridgehead atoms. The van der Waals surface area contributed by atoms with Crippen LogP contribution in [-0.2, 0) is 21.9 Å². The molecule has 0 saturated heterocycles. The number of carbonyl (C=O) groups excluding carboxylic acids is 2. The normalized spacial score (nSPS) is 12.8. The van der Waals surface area contributed by atoms with Gasteiger partial charge in [-0.3, -0.25) is 9.59 Å². The Balaban J connectivity index is 2.15. The van der Waals surface area contributed by atoms with Crippen LogP contribution in [-0.4, -0.2) is 34.6 Å². The van der Waals surface area contributed by atoms with Gasteiger partial charge in [-0.25, -0.2) is 0 Å². The third kappa shape index (κ3) is 7.37. The van der Waals surface area contributed by atoms with Gasteiger partial charge in [-0.15, -0.1) is 11.8 Å². The van der Waals surface area contributed by atoms with Crippen molar-refractivity contribution in [2.75, 3.05) is 5.75 Å². The van der Waals surface area contributed by atoms with E-state index in [9.17, 15) is 9.59 Å². The smallest absolute Gasteiger partial charge is 0.243 e. The Morgan fingerprint density at radius 2 is 1.70 bits per heavy atom. The second-order valence-corrected chi connectivity index (χ2v) is 8.73. The minimum Gasteiger partial charge on any atom is -0.352 e. The lowest BCUT2D eigenvalue weighted by atomic mass is 10.1. The van der Waals surface area contributed by atoms with Crippen LogP contribution >= 0.6 is 23.4 Å². The lowest BCUT2D eigenvalue weighted by Gasteiger charge is -2.31. The van der Waals surface area contributed by atoms with Crippen LogP contribution in [0, 0.1) is 0 Å². The molecule has 1 N–H and O–H groups in total. The number of thioether (sulfide) groups is 1. The van der Waals surface area contributed by atoms with Gasteiger partial charge in [0.25, 0.3) is 0 Å². The summed E-state index contributed by atoms with van der Waals surface area (Å²) in [6.45, 7) is 6.25. The Hall–Kier alpha value is -1.98. The summed E-state index contributed by atoms with van der Waals surface area (Å²) in [4.78, 5) is 27.8. The van der Waals surface area contributed by atoms with Crippen molar-refractivity contribution in [3.8, 4) is 0 Å². The number of halogens is 1. The van der Waals surface area contributed by atoms with Crippen LogP contribution < -0.4 is 5.32 Å². The largest absolute Gasteiger partial charge is 0.352 e. The topological polar surface area (TPSA) is 49.4 Å². The zero-order chi connectivity index (χ0) is 21.9. The fourth-order valence-corrected chi connectivity index (χ4v) is 4.15. The number of nitrogens with zero attached hydrogens (tertiary/aromatic N) is 1. The summed E-state index contributed by atoms with van der Waals surface area (Å²) >= 11 is 7.91. The van der Waals surface area contributed by atoms with Gasteiger partial charge < -0.3 is 10.2 Å². The van der Waals surface area contributed by atoms with Crippen molar-refractivity contribution in [2.24, 2.45) is 0 Å². The van der Waals surface area contributed by atoms with Crippen LogP contribution in [0.3, 0.4) is 0 Å². The molecular formula is C24H31ClN2O2S. The minimum absolute atomic E-state index is 0.0537. The first-order valence-corrected chi connectivity index (χ1v) is 11.9. The van der Waals surface area contributed by atoms with Crippen molar-refractivity contribution in [2.45, 2.75) is 58.0 Å². The second kappa shape index (κ2) is 12.7. The first kappa shape index (κ1) is 24.3. The molecule has 6 heteroatoms. The van der Waals surface area contributed by atoms with E-state index in [1.807, 2.05) is 75.4 Å². The molecule has 2 atom stereocenters. The third-order valence-corrected chi connectivity index (χ3v) is 6.38. The number of hydrogen-bond donors (Lipinski definition) is 1. The second-order valence-electron chi connectivity index (χ2n) is 7.33. The van der Waals surface area contributed by atoms with Gasteiger partial charge in [0.15, 0.2) is 0 Å². The van der Waals surface area contributed by atoms with Crippen molar-refractivity contribution in [1.82, 2.24) is 10.2 Å². The molecule has 0 radical (unpaired) electrons. The zero-order valence-electron chi connectivity index (χ0n) is 17.9. The molecule has 0 aliphatic rings. The number of amides is 2. The molecule has 0 heterocycles. The van der Waals surface area contributed by atoms with Crippen LogP contribution in [0.5, 0.6) is 0 Å². The van der Waals surface area contributed by atoms with Gasteiger partial charge in [0.1, 0.15) is 6.04 Å². The Labute approximate surface area is 189 Å². The molecule has 2 amide bonds. The number of carbonyl (C=O) groups is 2. The maximum atomic E-state index is 13.2. The van der Waals surface area contributed by atoms with Crippen molar-refractivity contribution >= 4 is 35.2 Å². The quantitative estimate of drug-likeness (QED) is 0.509. The Morgan fingerprint density at radius 1 is 1.03 bits per heavy atom. The molecule has 0 spiro atoms. The third-order valence-electron chi connectivity index (χ3n) is 5.02. The van der Waals surface area contributed by atoms with Crippen LogP contribution in [0.15, 0.2) is 54.6 Å². The SMILES string of the molecule is CCC(C)NC(=O)C(CC)N(Cc1ccccc1Cl)C(=O)CSCc1ccccc1. The molecule has 30 heavy (non-hydrogen) atoms. The number of benzene rings is 2. The first-order valence-electron chi connectivity index (χ1n) is 10.4. The summed E-state index contributed by atoms with van der Waals surface area (Å²) in [6, 6.07) is 17.1. The monoisotopic (exact) mass is 446 g/mol. The highest BCUT2D eigenvalue weighted by atomic mass is 35.5. The maximum absolute atomic E-state index is 13.2. The lowest BCUT2D eigenvalue weighted by molar-refractivity contribution is -0.139. The van der Waals surface area contributed by atoms with E-state index >= 15 is 0 Å². The standard InChI is InChI=1S/C24H31ClN2O2S/c1-4-18(3)26-24(29)22(5-2)27(15-20-13-9-10-14-21(20)25)23(28)17-30-16-19-11-7-6-8-12-19/h6-14,18,22H,4-5,15-17H2,1-3H3,(H,26,29). The van der Waals surface area contributed by atoms with E-state index in [1.54, 1.807) is 16.7 Å². The molecule has 2 aromatic carbocycles. The summed E-state index contributed by atoms with van der Waals surface area (Å²) in [6.07, 6.45) is 1.38. The van der Waals surface area contributed by atoms with Crippen molar-refractivity contribution in [3.63, 3.8) is 0 Å². The van der Waals surface area contributed by atoms with Gasteiger partial charge in [0, 0.05) is 23.4 Å².